The maximum absolute atomic E-state index is 14.1. The van der Waals surface area contributed by atoms with Crippen LogP contribution in [0.3, 0.4) is 0 Å². The molecule has 0 amide bonds. The molecule has 2 aromatic carbocycles. The summed E-state index contributed by atoms with van der Waals surface area (Å²) in [5, 5.41) is 9.59. The molecule has 0 aliphatic rings. The van der Waals surface area contributed by atoms with Crippen molar-refractivity contribution in [3.63, 3.8) is 0 Å². The smallest absolute Gasteiger partial charge is 0.132 e. The number of aliphatic hydroxyl groups excluding tert-OH is 1. The zero-order valence-corrected chi connectivity index (χ0v) is 11.1. The first-order chi connectivity index (χ1) is 8.56. The van der Waals surface area contributed by atoms with Crippen molar-refractivity contribution < 1.29 is 9.50 Å². The summed E-state index contributed by atoms with van der Waals surface area (Å²) in [7, 11) is 0. The topological polar surface area (TPSA) is 20.2 Å². The highest BCUT2D eigenvalue weighted by Crippen LogP contribution is 2.34. The average Bonchev–Trinajstić information content (AvgIpc) is 2.31. The summed E-state index contributed by atoms with van der Waals surface area (Å²) in [4.78, 5) is 0. The van der Waals surface area contributed by atoms with Gasteiger partial charge in [0.05, 0.1) is 6.61 Å². The van der Waals surface area contributed by atoms with Crippen LogP contribution in [0.15, 0.2) is 30.3 Å². The Morgan fingerprint density at radius 3 is 2.50 bits per heavy atom. The Labute approximate surface area is 111 Å². The molecular formula is C15H14ClFO. The van der Waals surface area contributed by atoms with E-state index in [-0.39, 0.29) is 17.4 Å². The van der Waals surface area contributed by atoms with Gasteiger partial charge in [-0.25, -0.2) is 4.39 Å². The molecule has 0 bridgehead atoms. The van der Waals surface area contributed by atoms with Gasteiger partial charge in [-0.1, -0.05) is 35.9 Å². The Morgan fingerprint density at radius 1 is 1.22 bits per heavy atom. The van der Waals surface area contributed by atoms with Crippen molar-refractivity contribution in [2.45, 2.75) is 20.5 Å². The fourth-order valence-corrected chi connectivity index (χ4v) is 2.46. The maximum atomic E-state index is 14.1. The Kier molecular flexibility index (Phi) is 3.69. The van der Waals surface area contributed by atoms with Crippen molar-refractivity contribution >= 4 is 11.6 Å². The number of benzene rings is 2. The van der Waals surface area contributed by atoms with E-state index in [9.17, 15) is 9.50 Å². The molecule has 0 aromatic heterocycles. The molecular weight excluding hydrogens is 251 g/mol. The first-order valence-corrected chi connectivity index (χ1v) is 6.08. The number of rotatable bonds is 2. The number of halogens is 2. The monoisotopic (exact) mass is 264 g/mol. The minimum absolute atomic E-state index is 0.191. The van der Waals surface area contributed by atoms with Crippen molar-refractivity contribution in [3.8, 4) is 11.1 Å². The molecule has 0 aliphatic carbocycles. The summed E-state index contributed by atoms with van der Waals surface area (Å²) in [6.07, 6.45) is 0. The largest absolute Gasteiger partial charge is 0.392 e. The fraction of sp³-hybridized carbons (Fsp3) is 0.200. The standard InChI is InChI=1S/C15H14ClFO/c1-9-5-3-4-6-11(9)15-10(2)12(8-18)13(16)7-14(15)17/h3-7,18H,8H2,1-2H3. The fourth-order valence-electron chi connectivity index (χ4n) is 2.16. The predicted molar refractivity (Wildman–Crippen MR) is 72.2 cm³/mol. The van der Waals surface area contributed by atoms with E-state index in [1.165, 1.54) is 6.07 Å². The molecule has 18 heavy (non-hydrogen) atoms. The SMILES string of the molecule is Cc1ccccc1-c1c(F)cc(Cl)c(CO)c1C. The van der Waals surface area contributed by atoms with E-state index in [0.29, 0.717) is 16.7 Å². The van der Waals surface area contributed by atoms with Gasteiger partial charge in [-0.05, 0) is 42.2 Å². The molecule has 0 saturated carbocycles. The Balaban J connectivity index is 2.76. The summed E-state index contributed by atoms with van der Waals surface area (Å²) in [6, 6.07) is 8.85. The van der Waals surface area contributed by atoms with E-state index in [1.807, 2.05) is 31.2 Å². The van der Waals surface area contributed by atoms with Crippen LogP contribution in [0.2, 0.25) is 5.02 Å². The van der Waals surface area contributed by atoms with Crippen LogP contribution in [0, 0.1) is 19.7 Å². The lowest BCUT2D eigenvalue weighted by molar-refractivity contribution is 0.281. The Hall–Kier alpha value is -1.38. The van der Waals surface area contributed by atoms with E-state index in [1.54, 1.807) is 6.92 Å². The second kappa shape index (κ2) is 5.09. The molecule has 0 fully saturated rings. The summed E-state index contributed by atoms with van der Waals surface area (Å²) in [6.45, 7) is 3.52. The molecule has 0 radical (unpaired) electrons. The lowest BCUT2D eigenvalue weighted by Crippen LogP contribution is -1.98. The van der Waals surface area contributed by atoms with Crippen LogP contribution in [0.5, 0.6) is 0 Å². The molecule has 1 nitrogen and oxygen atoms in total. The summed E-state index contributed by atoms with van der Waals surface area (Å²) in [5.41, 5.74) is 3.61. The van der Waals surface area contributed by atoms with E-state index in [0.717, 1.165) is 11.1 Å². The van der Waals surface area contributed by atoms with Crippen LogP contribution >= 0.6 is 11.6 Å². The van der Waals surface area contributed by atoms with Gasteiger partial charge in [0.2, 0.25) is 0 Å². The van der Waals surface area contributed by atoms with Crippen LogP contribution in [0.4, 0.5) is 4.39 Å². The Bertz CT molecular complexity index is 593. The van der Waals surface area contributed by atoms with E-state index in [4.69, 9.17) is 11.6 Å². The molecule has 2 aromatic rings. The van der Waals surface area contributed by atoms with Crippen LogP contribution < -0.4 is 0 Å². The van der Waals surface area contributed by atoms with E-state index in [2.05, 4.69) is 0 Å². The normalized spacial score (nSPS) is 10.7. The molecule has 2 rings (SSSR count). The van der Waals surface area contributed by atoms with Crippen LogP contribution in [-0.4, -0.2) is 5.11 Å². The lowest BCUT2D eigenvalue weighted by Gasteiger charge is -2.15. The highest BCUT2D eigenvalue weighted by molar-refractivity contribution is 6.31. The van der Waals surface area contributed by atoms with Gasteiger partial charge in [0, 0.05) is 10.6 Å². The third-order valence-corrected chi connectivity index (χ3v) is 3.52. The minimum Gasteiger partial charge on any atom is -0.392 e. The zero-order chi connectivity index (χ0) is 13.3. The quantitative estimate of drug-likeness (QED) is 0.859. The molecule has 0 atom stereocenters. The molecule has 0 saturated heterocycles. The van der Waals surface area contributed by atoms with Gasteiger partial charge >= 0.3 is 0 Å². The second-order valence-electron chi connectivity index (χ2n) is 4.29. The molecule has 3 heteroatoms. The number of aryl methyl sites for hydroxylation is 1. The van der Waals surface area contributed by atoms with Crippen molar-refractivity contribution in [2.24, 2.45) is 0 Å². The average molecular weight is 265 g/mol. The van der Waals surface area contributed by atoms with Crippen molar-refractivity contribution in [2.75, 3.05) is 0 Å². The van der Waals surface area contributed by atoms with Crippen molar-refractivity contribution in [1.82, 2.24) is 0 Å². The van der Waals surface area contributed by atoms with Gasteiger partial charge in [-0.2, -0.15) is 0 Å². The van der Waals surface area contributed by atoms with Gasteiger partial charge in [0.1, 0.15) is 5.82 Å². The van der Waals surface area contributed by atoms with Crippen molar-refractivity contribution in [1.29, 1.82) is 0 Å². The third-order valence-electron chi connectivity index (χ3n) is 3.18. The van der Waals surface area contributed by atoms with Gasteiger partial charge in [-0.15, -0.1) is 0 Å². The second-order valence-corrected chi connectivity index (χ2v) is 4.70. The molecule has 94 valence electrons. The van der Waals surface area contributed by atoms with Crippen molar-refractivity contribution in [3.05, 3.63) is 57.9 Å². The molecule has 0 spiro atoms. The number of aliphatic hydroxyl groups is 1. The Morgan fingerprint density at radius 2 is 1.89 bits per heavy atom. The number of hydrogen-bond donors (Lipinski definition) is 1. The van der Waals surface area contributed by atoms with E-state index < -0.39 is 0 Å². The van der Waals surface area contributed by atoms with Crippen LogP contribution in [0.1, 0.15) is 16.7 Å². The summed E-state index contributed by atoms with van der Waals surface area (Å²) in [5.74, 6) is -0.357. The number of hydrogen-bond acceptors (Lipinski definition) is 1. The molecule has 0 unspecified atom stereocenters. The summed E-state index contributed by atoms with van der Waals surface area (Å²) < 4.78 is 14.1. The van der Waals surface area contributed by atoms with E-state index >= 15 is 0 Å². The summed E-state index contributed by atoms with van der Waals surface area (Å²) >= 11 is 5.93. The highest BCUT2D eigenvalue weighted by atomic mass is 35.5. The van der Waals surface area contributed by atoms with Crippen LogP contribution in [-0.2, 0) is 6.61 Å². The van der Waals surface area contributed by atoms with Gasteiger partial charge in [0.25, 0.3) is 0 Å². The first kappa shape index (κ1) is 13.1. The van der Waals surface area contributed by atoms with Gasteiger partial charge < -0.3 is 5.11 Å². The van der Waals surface area contributed by atoms with Crippen LogP contribution in [0.25, 0.3) is 11.1 Å². The lowest BCUT2D eigenvalue weighted by atomic mass is 9.93. The molecule has 0 heterocycles. The minimum atomic E-state index is -0.357. The first-order valence-electron chi connectivity index (χ1n) is 5.70. The third kappa shape index (κ3) is 2.14. The molecule has 0 aliphatic heterocycles. The van der Waals surface area contributed by atoms with Gasteiger partial charge in [0.15, 0.2) is 0 Å². The predicted octanol–water partition coefficient (Wildman–Crippen LogP) is 4.26. The zero-order valence-electron chi connectivity index (χ0n) is 10.3. The molecule has 1 N–H and O–H groups in total. The highest BCUT2D eigenvalue weighted by Gasteiger charge is 2.16. The van der Waals surface area contributed by atoms with Gasteiger partial charge in [-0.3, -0.25) is 0 Å². The maximum Gasteiger partial charge on any atom is 0.132 e.